The van der Waals surface area contributed by atoms with Crippen LogP contribution in [0.1, 0.15) is 10.5 Å². The molecule has 20 heavy (non-hydrogen) atoms. The van der Waals surface area contributed by atoms with E-state index in [0.29, 0.717) is 13.2 Å². The highest BCUT2D eigenvalue weighted by Crippen LogP contribution is 2.19. The molecule has 2 rings (SSSR count). The summed E-state index contributed by atoms with van der Waals surface area (Å²) in [5, 5.41) is 12.7. The number of rotatable bonds is 6. The van der Waals surface area contributed by atoms with Gasteiger partial charge < -0.3 is 19.7 Å². The lowest BCUT2D eigenvalue weighted by Crippen LogP contribution is -2.31. The molecule has 0 saturated heterocycles. The first-order valence-corrected chi connectivity index (χ1v) is 6.20. The number of carboxylic acids is 1. The highest BCUT2D eigenvalue weighted by Gasteiger charge is 2.16. The molecule has 0 spiro atoms. The van der Waals surface area contributed by atoms with E-state index in [-0.39, 0.29) is 18.1 Å². The van der Waals surface area contributed by atoms with Gasteiger partial charge in [0.15, 0.2) is 0 Å². The van der Waals surface area contributed by atoms with Gasteiger partial charge in [-0.05, 0) is 12.1 Å². The highest BCUT2D eigenvalue weighted by atomic mass is 16.5. The first-order valence-electron chi connectivity index (χ1n) is 6.20. The van der Waals surface area contributed by atoms with Crippen LogP contribution in [0.3, 0.4) is 0 Å². The average molecular weight is 276 g/mol. The van der Waals surface area contributed by atoms with Crippen LogP contribution in [0.2, 0.25) is 0 Å². The standard InChI is InChI=1S/C14H16N2O4/c1-20-7-6-15-13(17)9-16-11-5-3-2-4-10(11)8-12(16)14(18)19/h2-5,8H,6-7,9H2,1H3,(H,15,17)(H,18,19). The molecule has 6 heteroatoms. The number of aromatic nitrogens is 1. The van der Waals surface area contributed by atoms with Crippen molar-refractivity contribution in [2.24, 2.45) is 0 Å². The van der Waals surface area contributed by atoms with Gasteiger partial charge in [-0.3, -0.25) is 4.79 Å². The maximum absolute atomic E-state index is 11.8. The first kappa shape index (κ1) is 14.1. The monoisotopic (exact) mass is 276 g/mol. The summed E-state index contributed by atoms with van der Waals surface area (Å²) in [4.78, 5) is 23.1. The Bertz CT molecular complexity index is 633. The maximum Gasteiger partial charge on any atom is 0.352 e. The third kappa shape index (κ3) is 2.97. The van der Waals surface area contributed by atoms with E-state index < -0.39 is 5.97 Å². The number of nitrogens with zero attached hydrogens (tertiary/aromatic N) is 1. The Labute approximate surface area is 116 Å². The van der Waals surface area contributed by atoms with Gasteiger partial charge in [0.1, 0.15) is 12.2 Å². The average Bonchev–Trinajstić information content (AvgIpc) is 2.78. The molecule has 0 bridgehead atoms. The summed E-state index contributed by atoms with van der Waals surface area (Å²) in [5.74, 6) is -1.29. The number of hydrogen-bond acceptors (Lipinski definition) is 3. The molecule has 0 aliphatic heterocycles. The zero-order chi connectivity index (χ0) is 14.5. The van der Waals surface area contributed by atoms with Gasteiger partial charge in [-0.15, -0.1) is 0 Å². The Morgan fingerprint density at radius 3 is 2.80 bits per heavy atom. The zero-order valence-corrected chi connectivity index (χ0v) is 11.1. The molecule has 2 N–H and O–H groups in total. The van der Waals surface area contributed by atoms with Gasteiger partial charge in [-0.1, -0.05) is 18.2 Å². The fourth-order valence-electron chi connectivity index (χ4n) is 2.05. The number of nitrogens with one attached hydrogen (secondary N) is 1. The number of methoxy groups -OCH3 is 1. The number of fused-ring (bicyclic) bond motifs is 1. The van der Waals surface area contributed by atoms with Crippen LogP contribution in [0, 0.1) is 0 Å². The molecule has 1 aromatic carbocycles. The van der Waals surface area contributed by atoms with Gasteiger partial charge in [0.2, 0.25) is 5.91 Å². The molecular weight excluding hydrogens is 260 g/mol. The number of para-hydroxylation sites is 1. The minimum absolute atomic E-state index is 0.0289. The van der Waals surface area contributed by atoms with Crippen molar-refractivity contribution >= 4 is 22.8 Å². The van der Waals surface area contributed by atoms with Crippen LogP contribution >= 0.6 is 0 Å². The van der Waals surface area contributed by atoms with Crippen molar-refractivity contribution in [3.05, 3.63) is 36.0 Å². The van der Waals surface area contributed by atoms with Crippen molar-refractivity contribution < 1.29 is 19.4 Å². The summed E-state index contributed by atoms with van der Waals surface area (Å²) in [6.07, 6.45) is 0. The number of carboxylic acid groups (broad SMARTS) is 1. The van der Waals surface area contributed by atoms with Crippen LogP contribution in [0.4, 0.5) is 0 Å². The van der Waals surface area contributed by atoms with E-state index in [4.69, 9.17) is 4.74 Å². The van der Waals surface area contributed by atoms with E-state index in [9.17, 15) is 14.7 Å². The zero-order valence-electron chi connectivity index (χ0n) is 11.1. The van der Waals surface area contributed by atoms with Gasteiger partial charge in [-0.25, -0.2) is 4.79 Å². The minimum Gasteiger partial charge on any atom is -0.477 e. The molecule has 0 unspecified atom stereocenters. The molecule has 0 aliphatic carbocycles. The molecule has 6 nitrogen and oxygen atoms in total. The molecule has 1 amide bonds. The SMILES string of the molecule is COCCNC(=O)Cn1c(C(=O)O)cc2ccccc21. The molecule has 0 atom stereocenters. The Hall–Kier alpha value is -2.34. The summed E-state index contributed by atoms with van der Waals surface area (Å²) >= 11 is 0. The highest BCUT2D eigenvalue weighted by molar-refractivity contribution is 5.95. The quantitative estimate of drug-likeness (QED) is 0.774. The second-order valence-electron chi connectivity index (χ2n) is 4.32. The van der Waals surface area contributed by atoms with Crippen LogP contribution in [0.5, 0.6) is 0 Å². The van der Waals surface area contributed by atoms with Crippen molar-refractivity contribution in [1.29, 1.82) is 0 Å². The second-order valence-corrected chi connectivity index (χ2v) is 4.32. The number of ether oxygens (including phenoxy) is 1. The van der Waals surface area contributed by atoms with Gasteiger partial charge in [0.05, 0.1) is 6.61 Å². The van der Waals surface area contributed by atoms with Crippen LogP contribution in [-0.4, -0.2) is 41.8 Å². The van der Waals surface area contributed by atoms with Crippen LogP contribution in [-0.2, 0) is 16.1 Å². The third-order valence-corrected chi connectivity index (χ3v) is 2.96. The Kier molecular flexibility index (Phi) is 4.37. The summed E-state index contributed by atoms with van der Waals surface area (Å²) in [6.45, 7) is 0.791. The van der Waals surface area contributed by atoms with Gasteiger partial charge >= 0.3 is 5.97 Å². The van der Waals surface area contributed by atoms with E-state index in [1.54, 1.807) is 19.2 Å². The van der Waals surface area contributed by atoms with E-state index in [1.807, 2.05) is 18.2 Å². The molecule has 0 aliphatic rings. The summed E-state index contributed by atoms with van der Waals surface area (Å²) in [6, 6.07) is 8.83. The van der Waals surface area contributed by atoms with Crippen molar-refractivity contribution in [3.63, 3.8) is 0 Å². The molecule has 0 fully saturated rings. The fourth-order valence-corrected chi connectivity index (χ4v) is 2.05. The molecular formula is C14H16N2O4. The lowest BCUT2D eigenvalue weighted by atomic mass is 10.2. The minimum atomic E-state index is -1.05. The van der Waals surface area contributed by atoms with Gasteiger partial charge in [-0.2, -0.15) is 0 Å². The molecule has 0 saturated carbocycles. The molecule has 2 aromatic rings. The van der Waals surface area contributed by atoms with Crippen molar-refractivity contribution in [2.75, 3.05) is 20.3 Å². The predicted molar refractivity (Wildman–Crippen MR) is 73.8 cm³/mol. The van der Waals surface area contributed by atoms with E-state index in [1.165, 1.54) is 4.57 Å². The first-order chi connectivity index (χ1) is 9.63. The Morgan fingerprint density at radius 2 is 2.10 bits per heavy atom. The fraction of sp³-hybridized carbons (Fsp3) is 0.286. The number of benzene rings is 1. The normalized spacial score (nSPS) is 10.7. The Morgan fingerprint density at radius 1 is 1.35 bits per heavy atom. The largest absolute Gasteiger partial charge is 0.477 e. The second kappa shape index (κ2) is 6.21. The lowest BCUT2D eigenvalue weighted by Gasteiger charge is -2.09. The maximum atomic E-state index is 11.8. The van der Waals surface area contributed by atoms with Crippen LogP contribution in [0.15, 0.2) is 30.3 Å². The lowest BCUT2D eigenvalue weighted by molar-refractivity contribution is -0.121. The summed E-state index contributed by atoms with van der Waals surface area (Å²) in [7, 11) is 1.55. The Balaban J connectivity index is 2.25. The van der Waals surface area contributed by atoms with Crippen LogP contribution < -0.4 is 5.32 Å². The number of carbonyl (C=O) groups is 2. The number of hydrogen-bond donors (Lipinski definition) is 2. The molecule has 0 radical (unpaired) electrons. The molecule has 1 heterocycles. The van der Waals surface area contributed by atoms with Crippen LogP contribution in [0.25, 0.3) is 10.9 Å². The van der Waals surface area contributed by atoms with Crippen molar-refractivity contribution in [3.8, 4) is 0 Å². The molecule has 1 aromatic heterocycles. The number of amides is 1. The molecule has 106 valence electrons. The van der Waals surface area contributed by atoms with E-state index in [2.05, 4.69) is 5.32 Å². The summed E-state index contributed by atoms with van der Waals surface area (Å²) < 4.78 is 6.34. The van der Waals surface area contributed by atoms with Gasteiger partial charge in [0, 0.05) is 24.6 Å². The van der Waals surface area contributed by atoms with Gasteiger partial charge in [0.25, 0.3) is 0 Å². The summed E-state index contributed by atoms with van der Waals surface area (Å²) in [5.41, 5.74) is 0.833. The van der Waals surface area contributed by atoms with E-state index >= 15 is 0 Å². The number of carbonyl (C=O) groups excluding carboxylic acids is 1. The van der Waals surface area contributed by atoms with Crippen molar-refractivity contribution in [1.82, 2.24) is 9.88 Å². The topological polar surface area (TPSA) is 80.6 Å². The van der Waals surface area contributed by atoms with E-state index in [0.717, 1.165) is 10.9 Å². The predicted octanol–water partition coefficient (Wildman–Crippen LogP) is 1.10. The third-order valence-electron chi connectivity index (χ3n) is 2.96. The smallest absolute Gasteiger partial charge is 0.352 e. The van der Waals surface area contributed by atoms with Crippen molar-refractivity contribution in [2.45, 2.75) is 6.54 Å². The number of aromatic carboxylic acids is 1.